The molecule has 0 saturated heterocycles. The second-order valence-corrected chi connectivity index (χ2v) is 5.95. The quantitative estimate of drug-likeness (QED) is 0.674. The lowest BCUT2D eigenvalue weighted by atomic mass is 10.0. The SMILES string of the molecule is NC(Cc1c[nH]c2ccccc12)C(=O)NCc1ccc(Cl)cc1. The average molecular weight is 328 g/mol. The lowest BCUT2D eigenvalue weighted by Gasteiger charge is -2.12. The number of aromatic nitrogens is 1. The zero-order valence-electron chi connectivity index (χ0n) is 12.6. The van der Waals surface area contributed by atoms with Crippen LogP contribution in [0.1, 0.15) is 11.1 Å². The normalized spacial score (nSPS) is 12.3. The summed E-state index contributed by atoms with van der Waals surface area (Å²) in [4.78, 5) is 15.4. The van der Waals surface area contributed by atoms with Gasteiger partial charge < -0.3 is 16.0 Å². The van der Waals surface area contributed by atoms with Crippen molar-refractivity contribution in [1.82, 2.24) is 10.3 Å². The maximum absolute atomic E-state index is 12.2. The molecule has 4 nitrogen and oxygen atoms in total. The van der Waals surface area contributed by atoms with E-state index in [0.29, 0.717) is 18.0 Å². The molecule has 0 aliphatic heterocycles. The third-order valence-electron chi connectivity index (χ3n) is 3.83. The number of halogens is 1. The monoisotopic (exact) mass is 327 g/mol. The Labute approximate surface area is 139 Å². The van der Waals surface area contributed by atoms with Crippen LogP contribution in [0, 0.1) is 0 Å². The molecule has 1 aromatic heterocycles. The van der Waals surface area contributed by atoms with Gasteiger partial charge in [0.15, 0.2) is 0 Å². The van der Waals surface area contributed by atoms with Gasteiger partial charge >= 0.3 is 0 Å². The maximum Gasteiger partial charge on any atom is 0.237 e. The maximum atomic E-state index is 12.2. The molecule has 4 N–H and O–H groups in total. The van der Waals surface area contributed by atoms with Gasteiger partial charge in [-0.3, -0.25) is 4.79 Å². The highest BCUT2D eigenvalue weighted by molar-refractivity contribution is 6.30. The topological polar surface area (TPSA) is 70.9 Å². The van der Waals surface area contributed by atoms with Crippen molar-refractivity contribution < 1.29 is 4.79 Å². The Morgan fingerprint density at radius 2 is 1.91 bits per heavy atom. The summed E-state index contributed by atoms with van der Waals surface area (Å²) in [5, 5.41) is 4.64. The van der Waals surface area contributed by atoms with Gasteiger partial charge in [0.1, 0.15) is 0 Å². The number of benzene rings is 2. The van der Waals surface area contributed by atoms with E-state index in [1.807, 2.05) is 42.6 Å². The van der Waals surface area contributed by atoms with Crippen LogP contribution in [0.4, 0.5) is 0 Å². The van der Waals surface area contributed by atoms with Crippen molar-refractivity contribution in [2.75, 3.05) is 0 Å². The first-order valence-electron chi connectivity index (χ1n) is 7.46. The van der Waals surface area contributed by atoms with Crippen LogP contribution >= 0.6 is 11.6 Å². The van der Waals surface area contributed by atoms with Gasteiger partial charge in [0.25, 0.3) is 0 Å². The molecule has 0 bridgehead atoms. The molecule has 0 fully saturated rings. The first kappa shape index (κ1) is 15.6. The number of carbonyl (C=O) groups excluding carboxylic acids is 1. The molecule has 3 aromatic rings. The molecule has 0 aliphatic rings. The highest BCUT2D eigenvalue weighted by atomic mass is 35.5. The predicted molar refractivity (Wildman–Crippen MR) is 93.3 cm³/mol. The molecule has 5 heteroatoms. The number of carbonyl (C=O) groups is 1. The number of rotatable bonds is 5. The molecule has 2 aromatic carbocycles. The van der Waals surface area contributed by atoms with Crippen LogP contribution in [0.3, 0.4) is 0 Å². The summed E-state index contributed by atoms with van der Waals surface area (Å²) in [5.74, 6) is -0.162. The largest absolute Gasteiger partial charge is 0.361 e. The lowest BCUT2D eigenvalue weighted by Crippen LogP contribution is -2.41. The summed E-state index contributed by atoms with van der Waals surface area (Å²) in [6.07, 6.45) is 2.41. The molecule has 0 saturated carbocycles. The van der Waals surface area contributed by atoms with E-state index in [-0.39, 0.29) is 5.91 Å². The fourth-order valence-corrected chi connectivity index (χ4v) is 2.68. The molecule has 1 unspecified atom stereocenters. The number of aromatic amines is 1. The van der Waals surface area contributed by atoms with Crippen molar-refractivity contribution in [2.45, 2.75) is 19.0 Å². The number of amides is 1. The summed E-state index contributed by atoms with van der Waals surface area (Å²) in [7, 11) is 0. The van der Waals surface area contributed by atoms with E-state index in [1.165, 1.54) is 0 Å². The Hall–Kier alpha value is -2.30. The molecule has 0 aliphatic carbocycles. The van der Waals surface area contributed by atoms with Gasteiger partial charge in [-0.2, -0.15) is 0 Å². The summed E-state index contributed by atoms with van der Waals surface area (Å²) < 4.78 is 0. The van der Waals surface area contributed by atoms with E-state index < -0.39 is 6.04 Å². The zero-order chi connectivity index (χ0) is 16.2. The third kappa shape index (κ3) is 3.73. The van der Waals surface area contributed by atoms with E-state index in [1.54, 1.807) is 12.1 Å². The van der Waals surface area contributed by atoms with Gasteiger partial charge in [0.05, 0.1) is 6.04 Å². The van der Waals surface area contributed by atoms with Crippen molar-refractivity contribution >= 4 is 28.4 Å². The van der Waals surface area contributed by atoms with Crippen LogP contribution < -0.4 is 11.1 Å². The Morgan fingerprint density at radius 1 is 1.17 bits per heavy atom. The van der Waals surface area contributed by atoms with Crippen molar-refractivity contribution in [3.63, 3.8) is 0 Å². The summed E-state index contributed by atoms with van der Waals surface area (Å²) in [6, 6.07) is 14.8. The molecule has 0 spiro atoms. The van der Waals surface area contributed by atoms with Crippen molar-refractivity contribution in [3.8, 4) is 0 Å². The van der Waals surface area contributed by atoms with Gasteiger partial charge in [-0.1, -0.05) is 41.9 Å². The number of hydrogen-bond donors (Lipinski definition) is 3. The number of H-pyrrole nitrogens is 1. The summed E-state index contributed by atoms with van der Waals surface area (Å²) in [6.45, 7) is 0.442. The first-order chi connectivity index (χ1) is 11.1. The lowest BCUT2D eigenvalue weighted by molar-refractivity contribution is -0.122. The van der Waals surface area contributed by atoms with Gasteiger partial charge in [0.2, 0.25) is 5.91 Å². The molecule has 23 heavy (non-hydrogen) atoms. The molecule has 3 rings (SSSR count). The molecular weight excluding hydrogens is 310 g/mol. The van der Waals surface area contributed by atoms with Gasteiger partial charge in [-0.25, -0.2) is 0 Å². The van der Waals surface area contributed by atoms with Gasteiger partial charge in [-0.15, -0.1) is 0 Å². The van der Waals surface area contributed by atoms with E-state index in [9.17, 15) is 4.79 Å². The second kappa shape index (κ2) is 6.86. The minimum atomic E-state index is -0.582. The van der Waals surface area contributed by atoms with E-state index in [4.69, 9.17) is 17.3 Å². The standard InChI is InChI=1S/C18H18ClN3O/c19-14-7-5-12(6-8-14)10-22-18(23)16(20)9-13-11-21-17-4-2-1-3-15(13)17/h1-8,11,16,21H,9-10,20H2,(H,22,23). The Kier molecular flexibility index (Phi) is 4.65. The summed E-state index contributed by atoms with van der Waals surface area (Å²) >= 11 is 5.84. The first-order valence-corrected chi connectivity index (χ1v) is 7.84. The number of fused-ring (bicyclic) bond motifs is 1. The van der Waals surface area contributed by atoms with E-state index >= 15 is 0 Å². The molecule has 1 atom stereocenters. The number of para-hydroxylation sites is 1. The highest BCUT2D eigenvalue weighted by Crippen LogP contribution is 2.18. The van der Waals surface area contributed by atoms with Gasteiger partial charge in [0, 0.05) is 28.7 Å². The predicted octanol–water partition coefficient (Wildman–Crippen LogP) is 3.01. The highest BCUT2D eigenvalue weighted by Gasteiger charge is 2.15. The number of nitrogens with two attached hydrogens (primary N) is 1. The van der Waals surface area contributed by atoms with Crippen LogP contribution in [-0.4, -0.2) is 16.9 Å². The minimum Gasteiger partial charge on any atom is -0.361 e. The zero-order valence-corrected chi connectivity index (χ0v) is 13.3. The second-order valence-electron chi connectivity index (χ2n) is 5.51. The van der Waals surface area contributed by atoms with E-state index in [2.05, 4.69) is 10.3 Å². The molecular formula is C18H18ClN3O. The minimum absolute atomic E-state index is 0.162. The third-order valence-corrected chi connectivity index (χ3v) is 4.08. The smallest absolute Gasteiger partial charge is 0.237 e. The molecule has 118 valence electrons. The summed E-state index contributed by atoms with van der Waals surface area (Å²) in [5.41, 5.74) is 9.13. The van der Waals surface area contributed by atoms with Crippen LogP contribution in [0.25, 0.3) is 10.9 Å². The molecule has 1 amide bonds. The Balaban J connectivity index is 1.60. The Morgan fingerprint density at radius 3 is 2.70 bits per heavy atom. The van der Waals surface area contributed by atoms with Crippen molar-refractivity contribution in [1.29, 1.82) is 0 Å². The fraction of sp³-hybridized carbons (Fsp3) is 0.167. The molecule has 1 heterocycles. The number of nitrogens with one attached hydrogen (secondary N) is 2. The van der Waals surface area contributed by atoms with Crippen molar-refractivity contribution in [3.05, 3.63) is 70.9 Å². The number of hydrogen-bond acceptors (Lipinski definition) is 2. The van der Waals surface area contributed by atoms with E-state index in [0.717, 1.165) is 22.0 Å². The fourth-order valence-electron chi connectivity index (χ4n) is 2.55. The van der Waals surface area contributed by atoms with Crippen LogP contribution in [0.5, 0.6) is 0 Å². The molecule has 0 radical (unpaired) electrons. The van der Waals surface area contributed by atoms with Crippen LogP contribution in [-0.2, 0) is 17.8 Å². The average Bonchev–Trinajstić information content (AvgIpc) is 2.97. The van der Waals surface area contributed by atoms with Crippen molar-refractivity contribution in [2.24, 2.45) is 5.73 Å². The Bertz CT molecular complexity index is 811. The van der Waals surface area contributed by atoms with Crippen LogP contribution in [0.15, 0.2) is 54.7 Å². The van der Waals surface area contributed by atoms with Gasteiger partial charge in [-0.05, 0) is 35.7 Å². The van der Waals surface area contributed by atoms with Crippen LogP contribution in [0.2, 0.25) is 5.02 Å².